The second-order valence-corrected chi connectivity index (χ2v) is 13.8. The van der Waals surface area contributed by atoms with Crippen LogP contribution in [0.5, 0.6) is 0 Å². The smallest absolute Gasteiger partial charge is 0.0491 e. The molecule has 0 amide bonds. The number of nitrogens with zero attached hydrogens (tertiary/aromatic N) is 1. The Morgan fingerprint density at radius 2 is 0.915 bits per heavy atom. The summed E-state index contributed by atoms with van der Waals surface area (Å²) in [5.41, 5.74) is 16.7. The molecule has 0 saturated heterocycles. The molecule has 1 atom stereocenters. The van der Waals surface area contributed by atoms with Crippen LogP contribution in [0.15, 0.2) is 133 Å². The van der Waals surface area contributed by atoms with Crippen LogP contribution in [0.1, 0.15) is 84.7 Å². The maximum atomic E-state index is 2.65. The highest BCUT2D eigenvalue weighted by Gasteiger charge is 2.32. The summed E-state index contributed by atoms with van der Waals surface area (Å²) in [6, 6.07) is 50.8. The first kappa shape index (κ1) is 28.4. The van der Waals surface area contributed by atoms with Crippen molar-refractivity contribution in [3.63, 3.8) is 0 Å². The molecular weight excluding hydrogens is 567 g/mol. The summed E-state index contributed by atoms with van der Waals surface area (Å²) >= 11 is 0. The summed E-state index contributed by atoms with van der Waals surface area (Å²) in [5, 5.41) is 2.76. The van der Waals surface area contributed by atoms with Crippen LogP contribution in [-0.2, 0) is 6.54 Å². The summed E-state index contributed by atoms with van der Waals surface area (Å²) < 4.78 is 2.65. The Morgan fingerprint density at radius 3 is 1.30 bits per heavy atom. The van der Waals surface area contributed by atoms with Gasteiger partial charge in [0.05, 0.1) is 0 Å². The van der Waals surface area contributed by atoms with E-state index in [1.807, 2.05) is 0 Å². The van der Waals surface area contributed by atoms with E-state index in [1.165, 1.54) is 103 Å². The van der Waals surface area contributed by atoms with Crippen molar-refractivity contribution in [1.82, 2.24) is 4.57 Å². The molecule has 0 spiro atoms. The van der Waals surface area contributed by atoms with Gasteiger partial charge in [0.2, 0.25) is 0 Å². The molecule has 2 aliphatic rings. The van der Waals surface area contributed by atoms with E-state index in [0.717, 1.165) is 6.54 Å². The molecule has 2 aliphatic carbocycles. The fourth-order valence-electron chi connectivity index (χ4n) is 8.90. The van der Waals surface area contributed by atoms with Gasteiger partial charge in [-0.1, -0.05) is 142 Å². The van der Waals surface area contributed by atoms with Crippen LogP contribution >= 0.6 is 0 Å². The number of fused-ring (bicyclic) bond motifs is 9. The van der Waals surface area contributed by atoms with Crippen LogP contribution in [-0.4, -0.2) is 4.57 Å². The van der Waals surface area contributed by atoms with Gasteiger partial charge in [-0.25, -0.2) is 0 Å². The quantitative estimate of drug-likeness (QED) is 0.162. The lowest BCUT2D eigenvalue weighted by molar-refractivity contribution is 0.401. The monoisotopic (exact) mass is 607 g/mol. The number of rotatable bonds is 8. The number of hydrogen-bond acceptors (Lipinski definition) is 0. The molecule has 230 valence electrons. The Morgan fingerprint density at radius 1 is 0.511 bits per heavy atom. The van der Waals surface area contributed by atoms with Crippen molar-refractivity contribution in [3.8, 4) is 22.3 Å². The van der Waals surface area contributed by atoms with Gasteiger partial charge < -0.3 is 4.57 Å². The predicted molar refractivity (Wildman–Crippen MR) is 198 cm³/mol. The number of unbranched alkanes of at least 4 members (excludes halogenated alkanes) is 1. The minimum absolute atomic E-state index is 0.245. The Kier molecular flexibility index (Phi) is 6.89. The molecule has 0 radical (unpaired) electrons. The lowest BCUT2D eigenvalue weighted by Gasteiger charge is -2.18. The van der Waals surface area contributed by atoms with Gasteiger partial charge in [0.1, 0.15) is 0 Å². The Balaban J connectivity index is 1.25. The van der Waals surface area contributed by atoms with Crippen molar-refractivity contribution in [2.75, 3.05) is 0 Å². The summed E-state index contributed by atoms with van der Waals surface area (Å²) in [6.07, 6.45) is 5.05. The van der Waals surface area contributed by atoms with Crippen LogP contribution in [0.25, 0.3) is 44.1 Å². The van der Waals surface area contributed by atoms with E-state index in [9.17, 15) is 0 Å². The molecule has 1 aromatic heterocycles. The zero-order chi connectivity index (χ0) is 31.5. The lowest BCUT2D eigenvalue weighted by atomic mass is 9.87. The van der Waals surface area contributed by atoms with Gasteiger partial charge >= 0.3 is 0 Å². The second kappa shape index (κ2) is 11.4. The normalized spacial score (nSPS) is 14.3. The topological polar surface area (TPSA) is 4.93 Å². The van der Waals surface area contributed by atoms with E-state index in [0.29, 0.717) is 5.92 Å². The average molecular weight is 608 g/mol. The lowest BCUT2D eigenvalue weighted by Crippen LogP contribution is -2.10. The van der Waals surface area contributed by atoms with Crippen LogP contribution in [0.4, 0.5) is 0 Å². The van der Waals surface area contributed by atoms with E-state index in [1.54, 1.807) is 0 Å². The van der Waals surface area contributed by atoms with Gasteiger partial charge in [-0.2, -0.15) is 0 Å². The van der Waals surface area contributed by atoms with E-state index in [-0.39, 0.29) is 11.8 Å². The standard InChI is InChI=1S/C46H41N/c1-3-5-14-30(4-2)29-47-43-25-23-31(45-37-19-10-6-15-33(37)34-16-7-11-20-38(34)45)27-41(43)42-28-32(24-26-44(42)47)46-39-21-12-8-17-35(39)36-18-9-13-22-40(36)46/h6-13,15-28,30,45-46H,3-5,14,29H2,1-2H3. The predicted octanol–water partition coefficient (Wildman–Crippen LogP) is 12.3. The largest absolute Gasteiger partial charge is 0.340 e. The van der Waals surface area contributed by atoms with E-state index in [4.69, 9.17) is 0 Å². The number of aromatic nitrogens is 1. The summed E-state index contributed by atoms with van der Waals surface area (Å²) in [7, 11) is 0. The molecule has 47 heavy (non-hydrogen) atoms. The van der Waals surface area contributed by atoms with Gasteiger partial charge in [-0.05, 0) is 92.2 Å². The molecule has 0 fully saturated rings. The summed E-state index contributed by atoms with van der Waals surface area (Å²) in [6.45, 7) is 5.75. The zero-order valence-electron chi connectivity index (χ0n) is 27.4. The molecule has 1 heterocycles. The first-order valence-electron chi connectivity index (χ1n) is 17.7. The maximum absolute atomic E-state index is 2.65. The van der Waals surface area contributed by atoms with Crippen molar-refractivity contribution in [1.29, 1.82) is 0 Å². The fourth-order valence-corrected chi connectivity index (χ4v) is 8.90. The van der Waals surface area contributed by atoms with Crippen LogP contribution in [0.3, 0.4) is 0 Å². The molecule has 7 aromatic rings. The third kappa shape index (κ3) is 4.43. The molecule has 0 aliphatic heterocycles. The molecule has 0 saturated carbocycles. The van der Waals surface area contributed by atoms with Crippen LogP contribution in [0.2, 0.25) is 0 Å². The Bertz CT molecular complexity index is 2040. The van der Waals surface area contributed by atoms with Crippen molar-refractivity contribution in [3.05, 3.63) is 167 Å². The van der Waals surface area contributed by atoms with Gasteiger partial charge in [0, 0.05) is 40.2 Å². The zero-order valence-corrected chi connectivity index (χ0v) is 27.4. The van der Waals surface area contributed by atoms with Gasteiger partial charge in [0.25, 0.3) is 0 Å². The summed E-state index contributed by atoms with van der Waals surface area (Å²) in [5.74, 6) is 1.17. The molecule has 1 nitrogen and oxygen atoms in total. The minimum atomic E-state index is 0.245. The molecule has 0 N–H and O–H groups in total. The number of hydrogen-bond donors (Lipinski definition) is 0. The van der Waals surface area contributed by atoms with Crippen molar-refractivity contribution < 1.29 is 0 Å². The molecule has 1 unspecified atom stereocenters. The van der Waals surface area contributed by atoms with Gasteiger partial charge in [0.15, 0.2) is 0 Å². The third-order valence-corrected chi connectivity index (χ3v) is 11.2. The fraction of sp³-hybridized carbons (Fsp3) is 0.217. The Hall–Kier alpha value is -4.88. The third-order valence-electron chi connectivity index (χ3n) is 11.2. The van der Waals surface area contributed by atoms with Crippen molar-refractivity contribution >= 4 is 21.8 Å². The average Bonchev–Trinajstić information content (AvgIpc) is 3.75. The minimum Gasteiger partial charge on any atom is -0.340 e. The highest BCUT2D eigenvalue weighted by molar-refractivity contribution is 6.09. The number of benzene rings is 6. The highest BCUT2D eigenvalue weighted by Crippen LogP contribution is 2.50. The maximum Gasteiger partial charge on any atom is 0.0491 e. The molecule has 6 aromatic carbocycles. The Labute approximate surface area is 278 Å². The van der Waals surface area contributed by atoms with Gasteiger partial charge in [-0.15, -0.1) is 0 Å². The van der Waals surface area contributed by atoms with E-state index in [2.05, 4.69) is 152 Å². The van der Waals surface area contributed by atoms with Gasteiger partial charge in [-0.3, -0.25) is 0 Å². The van der Waals surface area contributed by atoms with Crippen LogP contribution < -0.4 is 0 Å². The first-order valence-corrected chi connectivity index (χ1v) is 17.7. The van der Waals surface area contributed by atoms with Crippen molar-refractivity contribution in [2.45, 2.75) is 57.9 Å². The van der Waals surface area contributed by atoms with Crippen molar-refractivity contribution in [2.24, 2.45) is 5.92 Å². The molecule has 0 bridgehead atoms. The van der Waals surface area contributed by atoms with Crippen LogP contribution in [0, 0.1) is 5.92 Å². The van der Waals surface area contributed by atoms with E-state index >= 15 is 0 Å². The summed E-state index contributed by atoms with van der Waals surface area (Å²) in [4.78, 5) is 0. The SMILES string of the molecule is CCCCC(CC)Cn1c2ccc(C3c4ccccc4-c4ccccc43)cc2c2cc(C3c4ccccc4-c4ccccc43)ccc21. The molecule has 1 heteroatoms. The highest BCUT2D eigenvalue weighted by atomic mass is 15.0. The first-order chi connectivity index (χ1) is 23.2. The molecular formula is C46H41N. The second-order valence-electron chi connectivity index (χ2n) is 13.8. The molecule has 9 rings (SSSR count). The van der Waals surface area contributed by atoms with E-state index < -0.39 is 0 Å².